The Bertz CT molecular complexity index is 862. The van der Waals surface area contributed by atoms with Crippen LogP contribution in [0.5, 0.6) is 5.75 Å². The summed E-state index contributed by atoms with van der Waals surface area (Å²) in [7, 11) is 0. The first kappa shape index (κ1) is 20.1. The number of aliphatic hydroxyl groups is 1. The summed E-state index contributed by atoms with van der Waals surface area (Å²) >= 11 is 0. The van der Waals surface area contributed by atoms with Crippen molar-refractivity contribution in [2.75, 3.05) is 0 Å². The number of fused-ring (bicyclic) bond motifs is 2. The van der Waals surface area contributed by atoms with Gasteiger partial charge >= 0.3 is 6.36 Å². The molecule has 29 heavy (non-hydrogen) atoms. The Hall–Kier alpha value is -2.19. The van der Waals surface area contributed by atoms with Crippen LogP contribution in [0.1, 0.15) is 49.3 Å². The van der Waals surface area contributed by atoms with Crippen molar-refractivity contribution in [3.8, 4) is 5.75 Å². The van der Waals surface area contributed by atoms with Crippen molar-refractivity contribution in [3.05, 3.63) is 59.7 Å². The van der Waals surface area contributed by atoms with Crippen molar-refractivity contribution in [1.29, 1.82) is 0 Å². The molecule has 4 rings (SSSR count). The fourth-order valence-corrected chi connectivity index (χ4v) is 4.75. The van der Waals surface area contributed by atoms with Crippen LogP contribution in [-0.2, 0) is 6.42 Å². The predicted molar refractivity (Wildman–Crippen MR) is 97.7 cm³/mol. The molecule has 2 bridgehead atoms. The van der Waals surface area contributed by atoms with Crippen molar-refractivity contribution in [2.24, 2.45) is 0 Å². The van der Waals surface area contributed by atoms with E-state index in [-0.39, 0.29) is 11.3 Å². The lowest BCUT2D eigenvalue weighted by Crippen LogP contribution is -2.46. The van der Waals surface area contributed by atoms with Gasteiger partial charge in [0.15, 0.2) is 0 Å². The highest BCUT2D eigenvalue weighted by Gasteiger charge is 2.56. The number of hydrogen-bond acceptors (Lipinski definition) is 4. The molecule has 3 heterocycles. The van der Waals surface area contributed by atoms with Gasteiger partial charge in [0.05, 0.1) is 12.3 Å². The van der Waals surface area contributed by atoms with Crippen LogP contribution in [0.2, 0.25) is 0 Å². The Labute approximate surface area is 165 Å². The van der Waals surface area contributed by atoms with E-state index in [2.05, 4.69) is 15.0 Å². The summed E-state index contributed by atoms with van der Waals surface area (Å²) in [6, 6.07) is 7.24. The molecule has 0 saturated carbocycles. The molecule has 2 saturated heterocycles. The zero-order valence-corrected chi connectivity index (χ0v) is 15.7. The number of nitrogens with one attached hydrogen (secondary N) is 1. The number of pyridine rings is 1. The van der Waals surface area contributed by atoms with Crippen LogP contribution < -0.4 is 10.1 Å². The molecule has 2 aliphatic heterocycles. The molecule has 2 N–H and O–H groups in total. The molecule has 0 radical (unpaired) electrons. The average Bonchev–Trinajstić information content (AvgIpc) is 3.24. The van der Waals surface area contributed by atoms with E-state index >= 15 is 0 Å². The first-order valence-electron chi connectivity index (χ1n) is 9.61. The monoisotopic (exact) mass is 410 g/mol. The van der Waals surface area contributed by atoms with Gasteiger partial charge in [0.25, 0.3) is 0 Å². The Kier molecular flexibility index (Phi) is 5.02. The molecule has 4 nitrogen and oxygen atoms in total. The van der Waals surface area contributed by atoms with Crippen LogP contribution in [0.15, 0.2) is 42.7 Å². The van der Waals surface area contributed by atoms with Gasteiger partial charge in [0.2, 0.25) is 0 Å². The highest BCUT2D eigenvalue weighted by molar-refractivity contribution is 5.29. The van der Waals surface area contributed by atoms with E-state index in [0.717, 1.165) is 43.9 Å². The number of ether oxygens (including phenoxy) is 1. The minimum atomic E-state index is -4.69. The third-order valence-electron chi connectivity index (χ3n) is 6.23. The number of benzene rings is 1. The molecule has 0 unspecified atom stereocenters. The normalized spacial score (nSPS) is 27.2. The van der Waals surface area contributed by atoms with Gasteiger partial charge in [-0.15, -0.1) is 13.2 Å². The zero-order valence-electron chi connectivity index (χ0n) is 15.7. The topological polar surface area (TPSA) is 54.4 Å². The SMILES string of the molecule is O[C@@H](c1cncc(F)c1)C12CCC(CCc3ccc(OC(F)(F)F)cc3)(CC1)N2. The van der Waals surface area contributed by atoms with E-state index in [0.29, 0.717) is 12.0 Å². The quantitative estimate of drug-likeness (QED) is 0.692. The Morgan fingerprint density at radius 3 is 2.41 bits per heavy atom. The molecule has 0 spiro atoms. The van der Waals surface area contributed by atoms with Gasteiger partial charge in [-0.2, -0.15) is 0 Å². The number of aromatic nitrogens is 1. The molecule has 156 valence electrons. The van der Waals surface area contributed by atoms with Crippen LogP contribution >= 0.6 is 0 Å². The molecule has 1 atom stereocenters. The van der Waals surface area contributed by atoms with Gasteiger partial charge in [0, 0.05) is 22.8 Å². The molecule has 2 fully saturated rings. The van der Waals surface area contributed by atoms with Crippen LogP contribution in [-0.4, -0.2) is 27.5 Å². The molecule has 1 aromatic heterocycles. The van der Waals surface area contributed by atoms with Crippen molar-refractivity contribution < 1.29 is 27.4 Å². The predicted octanol–water partition coefficient (Wildman–Crippen LogP) is 4.44. The van der Waals surface area contributed by atoms with E-state index in [1.165, 1.54) is 24.4 Å². The fraction of sp³-hybridized carbons (Fsp3) is 0.476. The lowest BCUT2D eigenvalue weighted by atomic mass is 9.76. The summed E-state index contributed by atoms with van der Waals surface area (Å²) in [6.45, 7) is 0. The van der Waals surface area contributed by atoms with Gasteiger partial charge in [-0.05, 0) is 62.3 Å². The number of aryl methyl sites for hydroxylation is 1. The number of aliphatic hydroxyl groups excluding tert-OH is 1. The second kappa shape index (κ2) is 7.25. The van der Waals surface area contributed by atoms with Crippen molar-refractivity contribution >= 4 is 0 Å². The summed E-state index contributed by atoms with van der Waals surface area (Å²) in [6.07, 6.45) is 1.92. The molecule has 2 aliphatic rings. The van der Waals surface area contributed by atoms with E-state index in [1.54, 1.807) is 12.1 Å². The van der Waals surface area contributed by atoms with Crippen molar-refractivity contribution in [1.82, 2.24) is 10.3 Å². The summed E-state index contributed by atoms with van der Waals surface area (Å²) in [5.74, 6) is -0.705. The molecule has 0 aliphatic carbocycles. The van der Waals surface area contributed by atoms with Crippen LogP contribution in [0, 0.1) is 5.82 Å². The highest BCUT2D eigenvalue weighted by atomic mass is 19.4. The van der Waals surface area contributed by atoms with Gasteiger partial charge in [-0.25, -0.2) is 4.39 Å². The smallest absolute Gasteiger partial charge is 0.406 e. The molecule has 0 amide bonds. The molecule has 2 aromatic rings. The van der Waals surface area contributed by atoms with Gasteiger partial charge in [-0.1, -0.05) is 12.1 Å². The largest absolute Gasteiger partial charge is 0.573 e. The van der Waals surface area contributed by atoms with E-state index < -0.39 is 23.8 Å². The number of rotatable bonds is 6. The summed E-state index contributed by atoms with van der Waals surface area (Å²) < 4.78 is 54.2. The fourth-order valence-electron chi connectivity index (χ4n) is 4.75. The minimum Gasteiger partial charge on any atom is -0.406 e. The number of halogens is 4. The van der Waals surface area contributed by atoms with E-state index in [9.17, 15) is 22.7 Å². The maximum atomic E-state index is 13.5. The van der Waals surface area contributed by atoms with Crippen LogP contribution in [0.25, 0.3) is 0 Å². The standard InChI is InChI=1S/C21H22F4N2O2/c22-16-11-15(12-26-13-16)18(28)20-9-7-19(27-20,8-10-20)6-5-14-1-3-17(4-2-14)29-21(23,24)25/h1-4,11-13,18,27-28H,5-10H2/t18-,19?,20?/m0/s1. The van der Waals surface area contributed by atoms with Crippen LogP contribution in [0.4, 0.5) is 17.6 Å². The highest BCUT2D eigenvalue weighted by Crippen LogP contribution is 2.52. The Morgan fingerprint density at radius 1 is 1.10 bits per heavy atom. The average molecular weight is 410 g/mol. The van der Waals surface area contributed by atoms with Gasteiger partial charge < -0.3 is 15.2 Å². The lowest BCUT2D eigenvalue weighted by molar-refractivity contribution is -0.274. The number of alkyl halides is 3. The van der Waals surface area contributed by atoms with E-state index in [1.807, 2.05) is 0 Å². The van der Waals surface area contributed by atoms with Crippen LogP contribution in [0.3, 0.4) is 0 Å². The summed E-state index contributed by atoms with van der Waals surface area (Å²) in [5, 5.41) is 14.5. The van der Waals surface area contributed by atoms with Crippen molar-refractivity contribution in [2.45, 2.75) is 62.1 Å². The maximum Gasteiger partial charge on any atom is 0.573 e. The number of hydrogen-bond donors (Lipinski definition) is 2. The van der Waals surface area contributed by atoms with Crippen molar-refractivity contribution in [3.63, 3.8) is 0 Å². The van der Waals surface area contributed by atoms with Gasteiger partial charge in [0.1, 0.15) is 11.6 Å². The molecular formula is C21H22F4N2O2. The zero-order chi connectivity index (χ0) is 20.7. The maximum absolute atomic E-state index is 13.5. The third kappa shape index (κ3) is 4.23. The first-order valence-corrected chi connectivity index (χ1v) is 9.61. The number of nitrogens with zero attached hydrogens (tertiary/aromatic N) is 1. The second-order valence-electron chi connectivity index (χ2n) is 8.09. The molecule has 8 heteroatoms. The van der Waals surface area contributed by atoms with Gasteiger partial charge in [-0.3, -0.25) is 4.98 Å². The third-order valence-corrected chi connectivity index (χ3v) is 6.23. The van der Waals surface area contributed by atoms with E-state index in [4.69, 9.17) is 0 Å². The lowest BCUT2D eigenvalue weighted by Gasteiger charge is -2.32. The second-order valence-corrected chi connectivity index (χ2v) is 8.09. The Balaban J connectivity index is 1.39. The minimum absolute atomic E-state index is 0.122. The molecular weight excluding hydrogens is 388 g/mol. The molecule has 1 aromatic carbocycles. The first-order chi connectivity index (χ1) is 13.7. The summed E-state index contributed by atoms with van der Waals surface area (Å²) in [5.41, 5.74) is 0.786. The Morgan fingerprint density at radius 2 is 1.79 bits per heavy atom. The summed E-state index contributed by atoms with van der Waals surface area (Å²) in [4.78, 5) is 3.83.